The van der Waals surface area contributed by atoms with Gasteiger partial charge in [0.25, 0.3) is 0 Å². The van der Waals surface area contributed by atoms with E-state index in [9.17, 15) is 4.79 Å². The summed E-state index contributed by atoms with van der Waals surface area (Å²) in [4.78, 5) is 13.7. The highest BCUT2D eigenvalue weighted by Gasteiger charge is 2.20. The monoisotopic (exact) mass is 379 g/mol. The number of halogens is 1. The Hall–Kier alpha value is -1.85. The summed E-state index contributed by atoms with van der Waals surface area (Å²) in [5.41, 5.74) is 1.72. The maximum Gasteiger partial charge on any atom is 0.237 e. The van der Waals surface area contributed by atoms with Gasteiger partial charge in [0.15, 0.2) is 0 Å². The third-order valence-corrected chi connectivity index (χ3v) is 5.37. The highest BCUT2D eigenvalue weighted by Crippen LogP contribution is 2.36. The SMILES string of the molecule is CCC(Sc1ccc(C)cc1)C(=O)Nc1cc(Cl)c(OC)cc1OC. The normalized spacial score (nSPS) is 11.7. The summed E-state index contributed by atoms with van der Waals surface area (Å²) in [6.45, 7) is 4.03. The second-order valence-corrected chi connectivity index (χ2v) is 7.19. The molecule has 134 valence electrons. The number of aryl methyl sites for hydroxylation is 1. The van der Waals surface area contributed by atoms with Crippen molar-refractivity contribution in [3.8, 4) is 11.5 Å². The van der Waals surface area contributed by atoms with Crippen molar-refractivity contribution in [2.24, 2.45) is 0 Å². The zero-order valence-electron chi connectivity index (χ0n) is 14.8. The molecule has 0 spiro atoms. The molecule has 1 amide bonds. The number of hydrogen-bond acceptors (Lipinski definition) is 4. The number of carbonyl (C=O) groups is 1. The Bertz CT molecular complexity index is 734. The van der Waals surface area contributed by atoms with Crippen molar-refractivity contribution in [3.05, 3.63) is 47.0 Å². The van der Waals surface area contributed by atoms with E-state index in [-0.39, 0.29) is 11.2 Å². The summed E-state index contributed by atoms with van der Waals surface area (Å²) in [5.74, 6) is 0.912. The van der Waals surface area contributed by atoms with Crippen LogP contribution in [-0.2, 0) is 4.79 Å². The molecule has 0 aromatic heterocycles. The van der Waals surface area contributed by atoms with Crippen LogP contribution in [0.5, 0.6) is 11.5 Å². The van der Waals surface area contributed by atoms with Gasteiger partial charge in [0.1, 0.15) is 11.5 Å². The van der Waals surface area contributed by atoms with E-state index in [0.717, 1.165) is 4.90 Å². The van der Waals surface area contributed by atoms with Gasteiger partial charge in [0.2, 0.25) is 5.91 Å². The largest absolute Gasteiger partial charge is 0.495 e. The summed E-state index contributed by atoms with van der Waals surface area (Å²) in [7, 11) is 3.07. The van der Waals surface area contributed by atoms with Gasteiger partial charge in [-0.1, -0.05) is 36.2 Å². The lowest BCUT2D eigenvalue weighted by Gasteiger charge is -2.17. The van der Waals surface area contributed by atoms with Crippen molar-refractivity contribution in [2.75, 3.05) is 19.5 Å². The Morgan fingerprint density at radius 1 is 1.16 bits per heavy atom. The maximum absolute atomic E-state index is 12.7. The topological polar surface area (TPSA) is 47.6 Å². The number of benzene rings is 2. The van der Waals surface area contributed by atoms with Crippen LogP contribution < -0.4 is 14.8 Å². The third kappa shape index (κ3) is 5.06. The lowest BCUT2D eigenvalue weighted by Crippen LogP contribution is -2.24. The number of nitrogens with one attached hydrogen (secondary N) is 1. The molecule has 2 aromatic carbocycles. The van der Waals surface area contributed by atoms with Gasteiger partial charge in [-0.05, 0) is 31.5 Å². The lowest BCUT2D eigenvalue weighted by atomic mass is 10.2. The van der Waals surface area contributed by atoms with E-state index in [0.29, 0.717) is 28.6 Å². The fourth-order valence-electron chi connectivity index (χ4n) is 2.27. The van der Waals surface area contributed by atoms with Gasteiger partial charge in [0, 0.05) is 11.0 Å². The van der Waals surface area contributed by atoms with Crippen LogP contribution in [0.15, 0.2) is 41.3 Å². The van der Waals surface area contributed by atoms with Crippen LogP contribution in [0.4, 0.5) is 5.69 Å². The first kappa shape index (κ1) is 19.5. The number of ether oxygens (including phenoxy) is 2. The van der Waals surface area contributed by atoms with Gasteiger partial charge in [-0.15, -0.1) is 11.8 Å². The molecule has 0 saturated heterocycles. The van der Waals surface area contributed by atoms with Gasteiger partial charge in [0.05, 0.1) is 30.2 Å². The van der Waals surface area contributed by atoms with E-state index < -0.39 is 0 Å². The van der Waals surface area contributed by atoms with Crippen LogP contribution in [0, 0.1) is 6.92 Å². The van der Waals surface area contributed by atoms with Crippen LogP contribution in [0.2, 0.25) is 5.02 Å². The number of carbonyl (C=O) groups excluding carboxylic acids is 1. The summed E-state index contributed by atoms with van der Waals surface area (Å²) < 4.78 is 10.5. The fraction of sp³-hybridized carbons (Fsp3) is 0.316. The Kier molecular flexibility index (Phi) is 7.02. The number of hydrogen-bond donors (Lipinski definition) is 1. The molecular formula is C19H22ClNO3S. The van der Waals surface area contributed by atoms with Crippen LogP contribution >= 0.6 is 23.4 Å². The summed E-state index contributed by atoms with van der Waals surface area (Å²) in [6.07, 6.45) is 0.705. The zero-order chi connectivity index (χ0) is 18.4. The highest BCUT2D eigenvalue weighted by atomic mass is 35.5. The third-order valence-electron chi connectivity index (χ3n) is 3.69. The smallest absolute Gasteiger partial charge is 0.237 e. The van der Waals surface area contributed by atoms with Crippen molar-refractivity contribution < 1.29 is 14.3 Å². The first-order valence-corrected chi connectivity index (χ1v) is 9.20. The minimum Gasteiger partial charge on any atom is -0.495 e. The average molecular weight is 380 g/mol. The molecule has 1 atom stereocenters. The second-order valence-electron chi connectivity index (χ2n) is 5.50. The molecular weight excluding hydrogens is 358 g/mol. The molecule has 6 heteroatoms. The molecule has 0 aliphatic heterocycles. The number of rotatable bonds is 7. The van der Waals surface area contributed by atoms with Gasteiger partial charge >= 0.3 is 0 Å². The fourth-order valence-corrected chi connectivity index (χ4v) is 3.47. The first-order chi connectivity index (χ1) is 12.0. The first-order valence-electron chi connectivity index (χ1n) is 7.94. The van der Waals surface area contributed by atoms with E-state index in [1.165, 1.54) is 31.5 Å². The van der Waals surface area contributed by atoms with Gasteiger partial charge < -0.3 is 14.8 Å². The summed E-state index contributed by atoms with van der Waals surface area (Å²) >= 11 is 7.70. The van der Waals surface area contributed by atoms with E-state index in [2.05, 4.69) is 5.32 Å². The van der Waals surface area contributed by atoms with E-state index in [1.54, 1.807) is 12.1 Å². The molecule has 0 aliphatic carbocycles. The van der Waals surface area contributed by atoms with E-state index in [4.69, 9.17) is 21.1 Å². The van der Waals surface area contributed by atoms with Crippen molar-refractivity contribution in [3.63, 3.8) is 0 Å². The van der Waals surface area contributed by atoms with Crippen LogP contribution in [0.3, 0.4) is 0 Å². The number of methoxy groups -OCH3 is 2. The molecule has 0 bridgehead atoms. The molecule has 2 rings (SSSR count). The molecule has 0 fully saturated rings. The standard InChI is InChI=1S/C19H22ClNO3S/c1-5-18(25-13-8-6-12(2)7-9-13)19(22)21-15-10-14(20)16(23-3)11-17(15)24-4/h6-11,18H,5H2,1-4H3,(H,21,22). The summed E-state index contributed by atoms with van der Waals surface area (Å²) in [6, 6.07) is 11.4. The van der Waals surface area contributed by atoms with Gasteiger partial charge in [-0.2, -0.15) is 0 Å². The van der Waals surface area contributed by atoms with E-state index in [1.807, 2.05) is 38.1 Å². The minimum atomic E-state index is -0.215. The molecule has 0 saturated carbocycles. The number of thioether (sulfide) groups is 1. The van der Waals surface area contributed by atoms with Crippen molar-refractivity contribution in [1.82, 2.24) is 0 Å². The Morgan fingerprint density at radius 2 is 1.80 bits per heavy atom. The molecule has 2 aromatic rings. The Balaban J connectivity index is 2.16. The van der Waals surface area contributed by atoms with Crippen molar-refractivity contribution >= 4 is 35.0 Å². The van der Waals surface area contributed by atoms with Crippen molar-refractivity contribution in [2.45, 2.75) is 30.4 Å². The van der Waals surface area contributed by atoms with Crippen molar-refractivity contribution in [1.29, 1.82) is 0 Å². The Labute approximate surface area is 157 Å². The lowest BCUT2D eigenvalue weighted by molar-refractivity contribution is -0.115. The zero-order valence-corrected chi connectivity index (χ0v) is 16.3. The Morgan fingerprint density at radius 3 is 2.36 bits per heavy atom. The van der Waals surface area contributed by atoms with E-state index >= 15 is 0 Å². The summed E-state index contributed by atoms with van der Waals surface area (Å²) in [5, 5.41) is 3.11. The maximum atomic E-state index is 12.7. The molecule has 1 unspecified atom stereocenters. The predicted octanol–water partition coefficient (Wildman–Crippen LogP) is 5.18. The van der Waals surface area contributed by atoms with Crippen LogP contribution in [-0.4, -0.2) is 25.4 Å². The van der Waals surface area contributed by atoms with Gasteiger partial charge in [-0.25, -0.2) is 0 Å². The minimum absolute atomic E-state index is 0.0902. The number of amides is 1. The predicted molar refractivity (Wildman–Crippen MR) is 104 cm³/mol. The molecule has 0 heterocycles. The van der Waals surface area contributed by atoms with Crippen LogP contribution in [0.1, 0.15) is 18.9 Å². The molecule has 1 N–H and O–H groups in total. The van der Waals surface area contributed by atoms with Gasteiger partial charge in [-0.3, -0.25) is 4.79 Å². The molecule has 0 aliphatic rings. The van der Waals surface area contributed by atoms with Crippen LogP contribution in [0.25, 0.3) is 0 Å². The average Bonchev–Trinajstić information content (AvgIpc) is 2.61. The second kappa shape index (κ2) is 9.02. The quantitative estimate of drug-likeness (QED) is 0.674. The highest BCUT2D eigenvalue weighted by molar-refractivity contribution is 8.00. The molecule has 0 radical (unpaired) electrons. The molecule has 25 heavy (non-hydrogen) atoms. The molecule has 4 nitrogen and oxygen atoms in total. The number of anilines is 1.